The first kappa shape index (κ1) is 6.60. The number of nitrogens with zero attached hydrogens (tertiary/aromatic N) is 1. The van der Waals surface area contributed by atoms with Crippen molar-refractivity contribution in [2.75, 3.05) is 0 Å². The van der Waals surface area contributed by atoms with Gasteiger partial charge >= 0.3 is 63.9 Å². The predicted octanol–water partition coefficient (Wildman–Crippen LogP) is 0.954. The molecule has 1 N–H and O–H groups in total. The van der Waals surface area contributed by atoms with Crippen LogP contribution in [0.4, 0.5) is 0 Å². The van der Waals surface area contributed by atoms with Crippen molar-refractivity contribution in [2.24, 2.45) is 0 Å². The molecule has 3 heteroatoms. The summed E-state index contributed by atoms with van der Waals surface area (Å²) in [6.45, 7) is 0. The molecule has 0 spiro atoms. The second kappa shape index (κ2) is 2.86. The third kappa shape index (κ3) is 1.71. The fourth-order valence-corrected chi connectivity index (χ4v) is 0.894. The summed E-state index contributed by atoms with van der Waals surface area (Å²) in [5.74, 6) is 0. The first-order valence-electron chi connectivity index (χ1n) is 2.46. The minimum absolute atomic E-state index is 0.565. The van der Waals surface area contributed by atoms with Crippen molar-refractivity contribution in [3.05, 3.63) is 30.1 Å². The average molecular weight is 291 g/mol. The number of aromatic nitrogens is 1. The van der Waals surface area contributed by atoms with E-state index in [9.17, 15) is 0 Å². The van der Waals surface area contributed by atoms with Crippen LogP contribution in [-0.4, -0.2) is 9.17 Å². The van der Waals surface area contributed by atoms with Crippen LogP contribution in [-0.2, 0) is 19.2 Å². The second-order valence-corrected chi connectivity index (χ2v) is 2.89. The molecule has 1 rings (SSSR count). The molecule has 0 fully saturated rings. The predicted molar refractivity (Wildman–Crippen MR) is 31.1 cm³/mol. The van der Waals surface area contributed by atoms with Crippen LogP contribution in [0.2, 0.25) is 0 Å². The molecule has 1 heterocycles. The Morgan fingerprint density at radius 1 is 1.56 bits per heavy atom. The fourth-order valence-electron chi connectivity index (χ4n) is 0.493. The van der Waals surface area contributed by atoms with Gasteiger partial charge in [0.1, 0.15) is 0 Å². The first-order chi connectivity index (χ1) is 4.30. The molecule has 0 bridgehead atoms. The number of nitrogens with one attached hydrogen (secondary N) is 1. The van der Waals surface area contributed by atoms with Gasteiger partial charge in [0.05, 0.1) is 0 Å². The van der Waals surface area contributed by atoms with E-state index in [2.05, 4.69) is 4.98 Å². The van der Waals surface area contributed by atoms with Gasteiger partial charge in [-0.2, -0.15) is 0 Å². The van der Waals surface area contributed by atoms with Gasteiger partial charge in [-0.05, 0) is 0 Å². The molecule has 46 valence electrons. The van der Waals surface area contributed by atoms with Gasteiger partial charge in [-0.1, -0.05) is 0 Å². The van der Waals surface area contributed by atoms with E-state index in [0.29, 0.717) is 4.18 Å². The number of hydrogen-bond donors (Lipinski definition) is 1. The molecule has 0 amide bonds. The van der Waals surface area contributed by atoms with Crippen LogP contribution in [0.15, 0.2) is 24.4 Å². The average Bonchev–Trinajstić information content (AvgIpc) is 1.90. The Morgan fingerprint density at radius 3 is 2.67 bits per heavy atom. The van der Waals surface area contributed by atoms with Gasteiger partial charge in [0.25, 0.3) is 0 Å². The number of rotatable bonds is 1. The van der Waals surface area contributed by atoms with Gasteiger partial charge in [0, 0.05) is 0 Å². The molecule has 1 aromatic rings. The minimum atomic E-state index is 0.565. The molecule has 0 saturated heterocycles. The summed E-state index contributed by atoms with van der Waals surface area (Å²) in [7, 11) is 0. The third-order valence-electron chi connectivity index (χ3n) is 0.890. The molecular formula is C6H5N2Re. The Hall–Kier alpha value is -0.518. The van der Waals surface area contributed by atoms with Crippen molar-refractivity contribution in [1.29, 1.82) is 5.41 Å². The molecule has 0 saturated carbocycles. The van der Waals surface area contributed by atoms with Crippen LogP contribution in [0.1, 0.15) is 5.69 Å². The maximum atomic E-state index is 7.20. The molecule has 0 aromatic carbocycles. The van der Waals surface area contributed by atoms with Crippen LogP contribution in [0.25, 0.3) is 0 Å². The Morgan fingerprint density at radius 2 is 2.33 bits per heavy atom. The zero-order valence-corrected chi connectivity index (χ0v) is 7.35. The summed E-state index contributed by atoms with van der Waals surface area (Å²) in [5.41, 5.74) is 0.772. The van der Waals surface area contributed by atoms with E-state index < -0.39 is 0 Å². The van der Waals surface area contributed by atoms with Crippen LogP contribution in [0.3, 0.4) is 0 Å². The van der Waals surface area contributed by atoms with Gasteiger partial charge in [-0.3, -0.25) is 0 Å². The van der Waals surface area contributed by atoms with Crippen molar-refractivity contribution in [3.63, 3.8) is 0 Å². The van der Waals surface area contributed by atoms with Crippen molar-refractivity contribution in [2.45, 2.75) is 0 Å². The quantitative estimate of drug-likeness (QED) is 0.769. The Bertz CT molecular complexity index is 208. The van der Waals surface area contributed by atoms with Crippen molar-refractivity contribution in [1.82, 2.24) is 4.98 Å². The van der Waals surface area contributed by atoms with E-state index in [1.165, 1.54) is 19.2 Å². The molecule has 0 atom stereocenters. The molecular weight excluding hydrogens is 286 g/mol. The molecule has 1 aromatic heterocycles. The molecule has 0 unspecified atom stereocenters. The summed E-state index contributed by atoms with van der Waals surface area (Å²) in [4.78, 5) is 3.97. The summed E-state index contributed by atoms with van der Waals surface area (Å²) < 4.78 is 0.565. The van der Waals surface area contributed by atoms with Crippen LogP contribution in [0.5, 0.6) is 0 Å². The summed E-state index contributed by atoms with van der Waals surface area (Å²) >= 11 is 1.35. The van der Waals surface area contributed by atoms with E-state index in [0.717, 1.165) is 5.69 Å². The Labute approximate surface area is 64.2 Å². The zero-order valence-electron chi connectivity index (χ0n) is 4.63. The van der Waals surface area contributed by atoms with Crippen molar-refractivity contribution < 1.29 is 19.2 Å². The Balaban J connectivity index is 2.98. The van der Waals surface area contributed by atoms with Crippen LogP contribution in [0, 0.1) is 5.41 Å². The van der Waals surface area contributed by atoms with E-state index in [1.54, 1.807) is 6.20 Å². The second-order valence-electron chi connectivity index (χ2n) is 1.53. The van der Waals surface area contributed by atoms with Gasteiger partial charge in [-0.15, -0.1) is 0 Å². The van der Waals surface area contributed by atoms with Gasteiger partial charge < -0.3 is 0 Å². The standard InChI is InChI=1S/C6H5N2.Re/c7-5-6-3-1-2-4-8-6;/h1-4,7H;. The molecule has 0 aliphatic rings. The summed E-state index contributed by atoms with van der Waals surface area (Å²) in [5, 5.41) is 7.20. The zero-order chi connectivity index (χ0) is 6.69. The topological polar surface area (TPSA) is 36.7 Å². The SMILES string of the molecule is N=[C]([Re])c1ccccn1. The van der Waals surface area contributed by atoms with Crippen molar-refractivity contribution >= 4 is 4.18 Å². The number of pyridine rings is 1. The molecule has 0 aliphatic heterocycles. The van der Waals surface area contributed by atoms with Gasteiger partial charge in [0.2, 0.25) is 0 Å². The normalized spacial score (nSPS) is 9.00. The first-order valence-corrected chi connectivity index (χ1v) is 3.82. The molecule has 0 aliphatic carbocycles. The van der Waals surface area contributed by atoms with Gasteiger partial charge in [0.15, 0.2) is 0 Å². The molecule has 2 nitrogen and oxygen atoms in total. The molecule has 0 radical (unpaired) electrons. The maximum absolute atomic E-state index is 7.20. The van der Waals surface area contributed by atoms with Crippen LogP contribution >= 0.6 is 0 Å². The van der Waals surface area contributed by atoms with E-state index in [-0.39, 0.29) is 0 Å². The fraction of sp³-hybridized carbons (Fsp3) is 0. The van der Waals surface area contributed by atoms with E-state index in [4.69, 9.17) is 5.41 Å². The summed E-state index contributed by atoms with van der Waals surface area (Å²) in [6, 6.07) is 5.57. The van der Waals surface area contributed by atoms with E-state index in [1.807, 2.05) is 18.2 Å². The number of hydrogen-bond acceptors (Lipinski definition) is 2. The van der Waals surface area contributed by atoms with Crippen molar-refractivity contribution in [3.8, 4) is 0 Å². The monoisotopic (exact) mass is 292 g/mol. The van der Waals surface area contributed by atoms with E-state index >= 15 is 0 Å². The third-order valence-corrected chi connectivity index (χ3v) is 1.59. The Kier molecular flexibility index (Phi) is 2.10. The van der Waals surface area contributed by atoms with Gasteiger partial charge in [-0.25, -0.2) is 0 Å². The molecule has 9 heavy (non-hydrogen) atoms. The summed E-state index contributed by atoms with van der Waals surface area (Å²) in [6.07, 6.45) is 1.70. The van der Waals surface area contributed by atoms with Crippen LogP contribution < -0.4 is 0 Å².